The highest BCUT2D eigenvalue weighted by atomic mass is 16.5. The van der Waals surface area contributed by atoms with E-state index in [1.807, 2.05) is 12.1 Å². The van der Waals surface area contributed by atoms with Gasteiger partial charge in [0.1, 0.15) is 5.75 Å². The predicted molar refractivity (Wildman–Crippen MR) is 69.0 cm³/mol. The van der Waals surface area contributed by atoms with Crippen LogP contribution in [0.25, 0.3) is 0 Å². The Balaban J connectivity index is 2.26. The van der Waals surface area contributed by atoms with Gasteiger partial charge in [-0.1, -0.05) is 32.0 Å². The minimum atomic E-state index is 0.728. The summed E-state index contributed by atoms with van der Waals surface area (Å²) in [5.74, 6) is 1.73. The molecule has 0 saturated carbocycles. The number of hydrogen-bond acceptors (Lipinski definition) is 2. The third kappa shape index (κ3) is 4.67. The second kappa shape index (κ2) is 7.29. The molecule has 0 atom stereocenters. The van der Waals surface area contributed by atoms with Gasteiger partial charge in [0.25, 0.3) is 0 Å². The van der Waals surface area contributed by atoms with Crippen molar-refractivity contribution < 1.29 is 4.74 Å². The van der Waals surface area contributed by atoms with E-state index in [0.717, 1.165) is 37.6 Å². The summed E-state index contributed by atoms with van der Waals surface area (Å²) >= 11 is 0. The summed E-state index contributed by atoms with van der Waals surface area (Å²) in [7, 11) is 1.73. The maximum Gasteiger partial charge on any atom is 0.122 e. The maximum atomic E-state index is 5.32. The van der Waals surface area contributed by atoms with Crippen LogP contribution in [0.5, 0.6) is 5.75 Å². The van der Waals surface area contributed by atoms with Crippen molar-refractivity contribution in [2.45, 2.75) is 26.7 Å². The highest BCUT2D eigenvalue weighted by Crippen LogP contribution is 2.18. The first-order chi connectivity index (χ1) is 7.74. The SMILES string of the molecule is COc1ccccc1CCCNCC(C)C. The highest BCUT2D eigenvalue weighted by molar-refractivity contribution is 5.33. The van der Waals surface area contributed by atoms with E-state index < -0.39 is 0 Å². The maximum absolute atomic E-state index is 5.32. The summed E-state index contributed by atoms with van der Waals surface area (Å²) in [6.07, 6.45) is 2.24. The molecule has 0 amide bonds. The number of nitrogens with one attached hydrogen (secondary N) is 1. The molecule has 1 aromatic rings. The lowest BCUT2D eigenvalue weighted by Gasteiger charge is -2.09. The molecule has 2 heteroatoms. The van der Waals surface area contributed by atoms with Gasteiger partial charge in [0, 0.05) is 0 Å². The van der Waals surface area contributed by atoms with Crippen LogP contribution in [0.4, 0.5) is 0 Å². The van der Waals surface area contributed by atoms with Gasteiger partial charge in [-0.3, -0.25) is 0 Å². The Labute approximate surface area is 99.0 Å². The zero-order valence-electron chi connectivity index (χ0n) is 10.6. The summed E-state index contributed by atoms with van der Waals surface area (Å²) < 4.78 is 5.32. The van der Waals surface area contributed by atoms with Gasteiger partial charge in [-0.05, 0) is 43.5 Å². The van der Waals surface area contributed by atoms with E-state index in [2.05, 4.69) is 31.3 Å². The summed E-state index contributed by atoms with van der Waals surface area (Å²) in [5.41, 5.74) is 1.30. The van der Waals surface area contributed by atoms with Crippen molar-refractivity contribution >= 4 is 0 Å². The Hall–Kier alpha value is -1.02. The van der Waals surface area contributed by atoms with Crippen LogP contribution in [0.3, 0.4) is 0 Å². The molecule has 0 aliphatic carbocycles. The van der Waals surface area contributed by atoms with E-state index in [-0.39, 0.29) is 0 Å². The van der Waals surface area contributed by atoms with E-state index in [9.17, 15) is 0 Å². The lowest BCUT2D eigenvalue weighted by molar-refractivity contribution is 0.408. The van der Waals surface area contributed by atoms with Crippen molar-refractivity contribution in [1.29, 1.82) is 0 Å². The largest absolute Gasteiger partial charge is 0.496 e. The average molecular weight is 221 g/mol. The molecule has 90 valence electrons. The average Bonchev–Trinajstić information content (AvgIpc) is 2.29. The van der Waals surface area contributed by atoms with Crippen LogP contribution in [-0.2, 0) is 6.42 Å². The molecule has 0 bridgehead atoms. The van der Waals surface area contributed by atoms with Gasteiger partial charge >= 0.3 is 0 Å². The normalized spacial score (nSPS) is 10.8. The molecule has 0 spiro atoms. The highest BCUT2D eigenvalue weighted by Gasteiger charge is 2.00. The minimum absolute atomic E-state index is 0.728. The van der Waals surface area contributed by atoms with Gasteiger partial charge in [0.05, 0.1) is 7.11 Å². The molecule has 0 heterocycles. The Kier molecular flexibility index (Phi) is 5.94. The third-order valence-electron chi connectivity index (χ3n) is 2.54. The zero-order valence-corrected chi connectivity index (χ0v) is 10.6. The monoisotopic (exact) mass is 221 g/mol. The van der Waals surface area contributed by atoms with E-state index in [1.165, 1.54) is 5.56 Å². The van der Waals surface area contributed by atoms with E-state index in [4.69, 9.17) is 4.74 Å². The van der Waals surface area contributed by atoms with Crippen molar-refractivity contribution in [2.75, 3.05) is 20.2 Å². The fraction of sp³-hybridized carbons (Fsp3) is 0.571. The molecule has 1 aromatic carbocycles. The molecule has 2 nitrogen and oxygen atoms in total. The van der Waals surface area contributed by atoms with Crippen LogP contribution in [0.2, 0.25) is 0 Å². The molecular weight excluding hydrogens is 198 g/mol. The number of hydrogen-bond donors (Lipinski definition) is 1. The van der Waals surface area contributed by atoms with Gasteiger partial charge in [0.15, 0.2) is 0 Å². The number of aryl methyl sites for hydroxylation is 1. The summed E-state index contributed by atoms with van der Waals surface area (Å²) in [6, 6.07) is 8.25. The second-order valence-corrected chi connectivity index (χ2v) is 4.51. The van der Waals surface area contributed by atoms with Gasteiger partial charge in [0.2, 0.25) is 0 Å². The Morgan fingerprint density at radius 3 is 2.69 bits per heavy atom. The lowest BCUT2D eigenvalue weighted by Crippen LogP contribution is -2.21. The van der Waals surface area contributed by atoms with Gasteiger partial charge < -0.3 is 10.1 Å². The first kappa shape index (κ1) is 13.0. The van der Waals surface area contributed by atoms with Crippen LogP contribution < -0.4 is 10.1 Å². The fourth-order valence-corrected chi connectivity index (χ4v) is 1.70. The minimum Gasteiger partial charge on any atom is -0.496 e. The topological polar surface area (TPSA) is 21.3 Å². The molecule has 0 fully saturated rings. The first-order valence-corrected chi connectivity index (χ1v) is 6.06. The molecule has 1 N–H and O–H groups in total. The van der Waals surface area contributed by atoms with Gasteiger partial charge in [-0.15, -0.1) is 0 Å². The first-order valence-electron chi connectivity index (χ1n) is 6.06. The molecule has 0 saturated heterocycles. The van der Waals surface area contributed by atoms with E-state index in [1.54, 1.807) is 7.11 Å². The number of methoxy groups -OCH3 is 1. The van der Waals surface area contributed by atoms with Crippen molar-refractivity contribution in [1.82, 2.24) is 5.32 Å². The van der Waals surface area contributed by atoms with E-state index in [0.29, 0.717) is 0 Å². The molecule has 0 aromatic heterocycles. The molecule has 0 radical (unpaired) electrons. The standard InChI is InChI=1S/C14H23NO/c1-12(2)11-15-10-6-8-13-7-4-5-9-14(13)16-3/h4-5,7,9,12,15H,6,8,10-11H2,1-3H3. The third-order valence-corrected chi connectivity index (χ3v) is 2.54. The van der Waals surface area contributed by atoms with Gasteiger partial charge in [-0.25, -0.2) is 0 Å². The van der Waals surface area contributed by atoms with Crippen molar-refractivity contribution in [3.63, 3.8) is 0 Å². The van der Waals surface area contributed by atoms with Crippen LogP contribution in [0, 0.1) is 5.92 Å². The van der Waals surface area contributed by atoms with Crippen LogP contribution >= 0.6 is 0 Å². The van der Waals surface area contributed by atoms with Gasteiger partial charge in [-0.2, -0.15) is 0 Å². The molecule has 0 aliphatic heterocycles. The second-order valence-electron chi connectivity index (χ2n) is 4.51. The molecule has 16 heavy (non-hydrogen) atoms. The smallest absolute Gasteiger partial charge is 0.122 e. The number of benzene rings is 1. The van der Waals surface area contributed by atoms with Crippen molar-refractivity contribution in [3.05, 3.63) is 29.8 Å². The quantitative estimate of drug-likeness (QED) is 0.715. The number of rotatable bonds is 7. The predicted octanol–water partition coefficient (Wildman–Crippen LogP) is 2.87. The molecule has 0 unspecified atom stereocenters. The number of para-hydroxylation sites is 1. The Morgan fingerprint density at radius 2 is 2.00 bits per heavy atom. The number of ether oxygens (including phenoxy) is 1. The van der Waals surface area contributed by atoms with Crippen LogP contribution in [0.1, 0.15) is 25.8 Å². The van der Waals surface area contributed by atoms with Crippen molar-refractivity contribution in [2.24, 2.45) is 5.92 Å². The molecule has 0 aliphatic rings. The van der Waals surface area contributed by atoms with E-state index >= 15 is 0 Å². The fourth-order valence-electron chi connectivity index (χ4n) is 1.70. The van der Waals surface area contributed by atoms with Crippen molar-refractivity contribution in [3.8, 4) is 5.75 Å². The lowest BCUT2D eigenvalue weighted by atomic mass is 10.1. The Bertz CT molecular complexity index is 297. The summed E-state index contributed by atoms with van der Waals surface area (Å²) in [4.78, 5) is 0. The molecule has 1 rings (SSSR count). The molecular formula is C14H23NO. The van der Waals surface area contributed by atoms with Crippen LogP contribution in [0.15, 0.2) is 24.3 Å². The Morgan fingerprint density at radius 1 is 1.25 bits per heavy atom. The summed E-state index contributed by atoms with van der Waals surface area (Å²) in [5, 5.41) is 3.45. The van der Waals surface area contributed by atoms with Crippen LogP contribution in [-0.4, -0.2) is 20.2 Å². The zero-order chi connectivity index (χ0) is 11.8. The summed E-state index contributed by atoms with van der Waals surface area (Å²) in [6.45, 7) is 6.64.